The highest BCUT2D eigenvalue weighted by molar-refractivity contribution is 5.72. The van der Waals surface area contributed by atoms with Crippen LogP contribution in [0.15, 0.2) is 23.1 Å². The molecule has 0 aliphatic carbocycles. The number of nitrogens with zero attached hydrogens (tertiary/aromatic N) is 1. The summed E-state index contributed by atoms with van der Waals surface area (Å²) in [5.74, 6) is -0.994. The van der Waals surface area contributed by atoms with Crippen LogP contribution in [0.25, 0.3) is 0 Å². The first-order valence-corrected chi connectivity index (χ1v) is 5.56. The van der Waals surface area contributed by atoms with Crippen molar-refractivity contribution in [3.63, 3.8) is 0 Å². The lowest BCUT2D eigenvalue weighted by atomic mass is 10.2. The first-order valence-electron chi connectivity index (χ1n) is 5.56. The maximum Gasteiger partial charge on any atom is 0.332 e. The molecule has 94 valence electrons. The molecule has 17 heavy (non-hydrogen) atoms. The number of rotatable bonds is 6. The Labute approximate surface area is 99.6 Å². The van der Waals surface area contributed by atoms with Gasteiger partial charge in [0.25, 0.3) is 5.56 Å². The maximum absolute atomic E-state index is 11.6. The van der Waals surface area contributed by atoms with Gasteiger partial charge < -0.3 is 14.4 Å². The molecule has 0 bridgehead atoms. The third-order valence-electron chi connectivity index (χ3n) is 2.43. The van der Waals surface area contributed by atoms with Crippen LogP contribution in [0.1, 0.15) is 18.9 Å². The molecule has 0 radical (unpaired) electrons. The minimum Gasteiger partial charge on any atom is -0.479 e. The topological polar surface area (TPSA) is 68.5 Å². The minimum absolute atomic E-state index is 0.120. The van der Waals surface area contributed by atoms with E-state index in [1.807, 2.05) is 13.0 Å². The molecule has 0 saturated heterocycles. The second kappa shape index (κ2) is 6.20. The van der Waals surface area contributed by atoms with Crippen LogP contribution in [0.2, 0.25) is 0 Å². The molecular formula is C12H17NO4. The number of aryl methyl sites for hydroxylation is 2. The molecule has 0 aromatic carbocycles. The SMILES string of the molecule is CCOC(CCn1ccc(C)cc1=O)C(=O)O. The molecule has 0 spiro atoms. The van der Waals surface area contributed by atoms with Crippen molar-refractivity contribution in [2.45, 2.75) is 32.9 Å². The van der Waals surface area contributed by atoms with E-state index in [1.54, 1.807) is 13.1 Å². The molecular weight excluding hydrogens is 222 g/mol. The number of carboxylic acids is 1. The Morgan fingerprint density at radius 1 is 1.59 bits per heavy atom. The Hall–Kier alpha value is -1.62. The van der Waals surface area contributed by atoms with Crippen molar-refractivity contribution in [3.8, 4) is 0 Å². The highest BCUT2D eigenvalue weighted by atomic mass is 16.5. The van der Waals surface area contributed by atoms with Crippen molar-refractivity contribution in [3.05, 3.63) is 34.2 Å². The zero-order valence-corrected chi connectivity index (χ0v) is 10.0. The van der Waals surface area contributed by atoms with Gasteiger partial charge in [-0.05, 0) is 25.5 Å². The standard InChI is InChI=1S/C12H17NO4/c1-3-17-10(12(15)16)5-7-13-6-4-9(2)8-11(13)14/h4,6,8,10H,3,5,7H2,1-2H3,(H,15,16). The van der Waals surface area contributed by atoms with Gasteiger partial charge in [-0.3, -0.25) is 4.79 Å². The normalized spacial score (nSPS) is 12.4. The summed E-state index contributed by atoms with van der Waals surface area (Å²) in [6.07, 6.45) is 1.10. The third kappa shape index (κ3) is 4.03. The summed E-state index contributed by atoms with van der Waals surface area (Å²) in [4.78, 5) is 22.4. The van der Waals surface area contributed by atoms with Crippen molar-refractivity contribution in [1.29, 1.82) is 0 Å². The molecule has 1 aromatic heterocycles. The van der Waals surface area contributed by atoms with Gasteiger partial charge in [-0.25, -0.2) is 4.79 Å². The summed E-state index contributed by atoms with van der Waals surface area (Å²) >= 11 is 0. The molecule has 0 fully saturated rings. The van der Waals surface area contributed by atoms with Gasteiger partial charge in [0.15, 0.2) is 6.10 Å². The van der Waals surface area contributed by atoms with Gasteiger partial charge >= 0.3 is 5.97 Å². The smallest absolute Gasteiger partial charge is 0.332 e. The molecule has 1 atom stereocenters. The molecule has 0 aliphatic heterocycles. The fourth-order valence-corrected chi connectivity index (χ4v) is 1.53. The molecule has 5 heteroatoms. The van der Waals surface area contributed by atoms with Crippen molar-refractivity contribution in [2.75, 3.05) is 6.61 Å². The van der Waals surface area contributed by atoms with Gasteiger partial charge in [0, 0.05) is 31.8 Å². The second-order valence-corrected chi connectivity index (χ2v) is 3.81. The molecule has 1 heterocycles. The van der Waals surface area contributed by atoms with E-state index < -0.39 is 12.1 Å². The third-order valence-corrected chi connectivity index (χ3v) is 2.43. The molecule has 1 N–H and O–H groups in total. The van der Waals surface area contributed by atoms with Crippen molar-refractivity contribution < 1.29 is 14.6 Å². The summed E-state index contributed by atoms with van der Waals surface area (Å²) in [7, 11) is 0. The van der Waals surface area contributed by atoms with E-state index in [4.69, 9.17) is 9.84 Å². The van der Waals surface area contributed by atoms with Gasteiger partial charge in [0.1, 0.15) is 0 Å². The Balaban J connectivity index is 2.65. The lowest BCUT2D eigenvalue weighted by Crippen LogP contribution is -2.28. The predicted octanol–water partition coefficient (Wildman–Crippen LogP) is 1.04. The average molecular weight is 239 g/mol. The van der Waals surface area contributed by atoms with Gasteiger partial charge in [0.2, 0.25) is 0 Å². The number of ether oxygens (including phenoxy) is 1. The van der Waals surface area contributed by atoms with Crippen LogP contribution < -0.4 is 5.56 Å². The Morgan fingerprint density at radius 2 is 2.29 bits per heavy atom. The van der Waals surface area contributed by atoms with Gasteiger partial charge in [-0.1, -0.05) is 0 Å². The summed E-state index contributed by atoms with van der Waals surface area (Å²) in [5, 5.41) is 8.88. The molecule has 0 saturated carbocycles. The molecule has 1 aromatic rings. The summed E-state index contributed by atoms with van der Waals surface area (Å²) in [6.45, 7) is 4.27. The first kappa shape index (κ1) is 13.4. The number of aliphatic carboxylic acids is 1. The number of aromatic nitrogens is 1. The van der Waals surface area contributed by atoms with Gasteiger partial charge in [0.05, 0.1) is 0 Å². The van der Waals surface area contributed by atoms with E-state index in [2.05, 4.69) is 0 Å². The summed E-state index contributed by atoms with van der Waals surface area (Å²) in [6, 6.07) is 3.34. The van der Waals surface area contributed by atoms with E-state index in [9.17, 15) is 9.59 Å². The van der Waals surface area contributed by atoms with Gasteiger partial charge in [-0.2, -0.15) is 0 Å². The van der Waals surface area contributed by atoms with E-state index >= 15 is 0 Å². The Kier molecular flexibility index (Phi) is 4.90. The van der Waals surface area contributed by atoms with Crippen LogP contribution in [-0.4, -0.2) is 28.4 Å². The van der Waals surface area contributed by atoms with Crippen molar-refractivity contribution in [1.82, 2.24) is 4.57 Å². The number of hydrogen-bond acceptors (Lipinski definition) is 3. The first-order chi connectivity index (χ1) is 8.04. The Morgan fingerprint density at radius 3 is 2.82 bits per heavy atom. The van der Waals surface area contributed by atoms with E-state index in [0.29, 0.717) is 13.2 Å². The maximum atomic E-state index is 11.6. The number of carboxylic acid groups (broad SMARTS) is 1. The minimum atomic E-state index is -0.994. The van der Waals surface area contributed by atoms with Crippen molar-refractivity contribution >= 4 is 5.97 Å². The Bertz CT molecular complexity index is 438. The van der Waals surface area contributed by atoms with Crippen LogP contribution in [0.4, 0.5) is 0 Å². The lowest BCUT2D eigenvalue weighted by Gasteiger charge is -2.13. The van der Waals surface area contributed by atoms with Crippen LogP contribution in [0.5, 0.6) is 0 Å². The zero-order chi connectivity index (χ0) is 12.8. The molecule has 0 aliphatic rings. The number of pyridine rings is 1. The fraction of sp³-hybridized carbons (Fsp3) is 0.500. The zero-order valence-electron chi connectivity index (χ0n) is 10.0. The largest absolute Gasteiger partial charge is 0.479 e. The van der Waals surface area contributed by atoms with E-state index in [0.717, 1.165) is 5.56 Å². The number of hydrogen-bond donors (Lipinski definition) is 1. The van der Waals surface area contributed by atoms with Crippen molar-refractivity contribution in [2.24, 2.45) is 0 Å². The predicted molar refractivity (Wildman–Crippen MR) is 63.1 cm³/mol. The quantitative estimate of drug-likeness (QED) is 0.805. The molecule has 0 amide bonds. The second-order valence-electron chi connectivity index (χ2n) is 3.81. The highest BCUT2D eigenvalue weighted by Crippen LogP contribution is 2.01. The summed E-state index contributed by atoms with van der Waals surface area (Å²) < 4.78 is 6.56. The van der Waals surface area contributed by atoms with Gasteiger partial charge in [-0.15, -0.1) is 0 Å². The summed E-state index contributed by atoms with van der Waals surface area (Å²) in [5.41, 5.74) is 0.775. The lowest BCUT2D eigenvalue weighted by molar-refractivity contribution is -0.150. The van der Waals surface area contributed by atoms with Crippen LogP contribution in [0.3, 0.4) is 0 Å². The monoisotopic (exact) mass is 239 g/mol. The van der Waals surface area contributed by atoms with E-state index in [1.165, 1.54) is 10.6 Å². The molecule has 1 unspecified atom stereocenters. The van der Waals surface area contributed by atoms with E-state index in [-0.39, 0.29) is 12.0 Å². The number of carbonyl (C=O) groups is 1. The van der Waals surface area contributed by atoms with Crippen LogP contribution in [-0.2, 0) is 16.1 Å². The van der Waals surface area contributed by atoms with Crippen LogP contribution >= 0.6 is 0 Å². The molecule has 1 rings (SSSR count). The highest BCUT2D eigenvalue weighted by Gasteiger charge is 2.17. The fourth-order valence-electron chi connectivity index (χ4n) is 1.53. The molecule has 5 nitrogen and oxygen atoms in total. The average Bonchev–Trinajstić information content (AvgIpc) is 2.25. The van der Waals surface area contributed by atoms with Crippen LogP contribution in [0, 0.1) is 6.92 Å².